The highest BCUT2D eigenvalue weighted by atomic mass is 32.1. The van der Waals surface area contributed by atoms with Crippen LogP contribution in [0.15, 0.2) is 72.9 Å². The molecule has 0 saturated heterocycles. The summed E-state index contributed by atoms with van der Waals surface area (Å²) in [5, 5.41) is 1.37. The molecule has 1 nitrogen and oxygen atoms in total. The van der Waals surface area contributed by atoms with Gasteiger partial charge in [0.1, 0.15) is 8.07 Å². The maximum Gasteiger partial charge on any atom is 0.118 e. The first-order valence-electron chi connectivity index (χ1n) is 8.45. The minimum atomic E-state index is -1.83. The molecular formula is C21H22OSSi. The Labute approximate surface area is 148 Å². The van der Waals surface area contributed by atoms with Gasteiger partial charge >= 0.3 is 0 Å². The molecular weight excluding hydrogens is 328 g/mol. The third-order valence-corrected chi connectivity index (χ3v) is 12.8. The molecule has 0 aliphatic heterocycles. The molecule has 0 fully saturated rings. The molecule has 4 rings (SSSR count). The van der Waals surface area contributed by atoms with Crippen LogP contribution in [-0.4, -0.2) is 15.2 Å². The maximum absolute atomic E-state index is 5.61. The first kappa shape index (κ1) is 15.8. The molecule has 0 unspecified atom stereocenters. The van der Waals surface area contributed by atoms with E-state index in [1.807, 2.05) is 11.3 Å². The maximum atomic E-state index is 5.61. The zero-order chi connectivity index (χ0) is 16.6. The van der Waals surface area contributed by atoms with Crippen LogP contribution >= 0.6 is 11.3 Å². The number of fused-ring (bicyclic) bond motifs is 1. The van der Waals surface area contributed by atoms with Gasteiger partial charge < -0.3 is 4.74 Å². The van der Waals surface area contributed by atoms with E-state index in [2.05, 4.69) is 79.4 Å². The van der Waals surface area contributed by atoms with Gasteiger partial charge in [-0.05, 0) is 32.6 Å². The van der Waals surface area contributed by atoms with Crippen molar-refractivity contribution in [2.24, 2.45) is 0 Å². The Morgan fingerprint density at radius 2 is 1.54 bits per heavy atom. The molecule has 24 heavy (non-hydrogen) atoms. The molecule has 2 aliphatic carbocycles. The number of ether oxygens (including phenoxy) is 1. The van der Waals surface area contributed by atoms with Gasteiger partial charge in [0.05, 0.1) is 6.61 Å². The second kappa shape index (κ2) is 6.32. The van der Waals surface area contributed by atoms with Crippen molar-refractivity contribution >= 4 is 34.0 Å². The average Bonchev–Trinajstić information content (AvgIpc) is 3.35. The standard InChI is InChI=1S/C21H22OSSi/c1-22-15-19-18-13-7-8-14-20(18)23-21(19)24(2,16-9-3-4-10-16)17-11-5-6-12-17/h3-14,16-17H,15H2,1-2H3. The van der Waals surface area contributed by atoms with Gasteiger partial charge in [0.25, 0.3) is 0 Å². The van der Waals surface area contributed by atoms with Crippen molar-refractivity contribution in [3.8, 4) is 0 Å². The minimum absolute atomic E-state index is 0.540. The Hall–Kier alpha value is -1.68. The number of hydrogen-bond acceptors (Lipinski definition) is 2. The zero-order valence-corrected chi connectivity index (χ0v) is 15.9. The van der Waals surface area contributed by atoms with Crippen LogP contribution in [0.5, 0.6) is 0 Å². The topological polar surface area (TPSA) is 9.23 Å². The van der Waals surface area contributed by atoms with Gasteiger partial charge in [0.2, 0.25) is 0 Å². The summed E-state index contributed by atoms with van der Waals surface area (Å²) in [6.07, 6.45) is 18.4. The molecule has 2 aromatic rings. The fourth-order valence-corrected chi connectivity index (χ4v) is 10.9. The second-order valence-electron chi connectivity index (χ2n) is 6.71. The Morgan fingerprint density at radius 1 is 0.958 bits per heavy atom. The Balaban J connectivity index is 1.95. The van der Waals surface area contributed by atoms with Crippen molar-refractivity contribution in [3.05, 3.63) is 78.4 Å². The van der Waals surface area contributed by atoms with E-state index in [1.54, 1.807) is 11.6 Å². The predicted octanol–water partition coefficient (Wildman–Crippen LogP) is 5.33. The van der Waals surface area contributed by atoms with Crippen molar-refractivity contribution < 1.29 is 4.74 Å². The Bertz CT molecular complexity index is 819. The first-order chi connectivity index (χ1) is 11.7. The van der Waals surface area contributed by atoms with Crippen LogP contribution in [0.25, 0.3) is 10.1 Å². The summed E-state index contributed by atoms with van der Waals surface area (Å²) in [5.41, 5.74) is 2.49. The number of allylic oxidation sites excluding steroid dienone is 8. The molecule has 0 amide bonds. The molecule has 3 heteroatoms. The lowest BCUT2D eigenvalue weighted by molar-refractivity contribution is 0.187. The van der Waals surface area contributed by atoms with Crippen molar-refractivity contribution in [2.45, 2.75) is 24.2 Å². The van der Waals surface area contributed by atoms with Crippen LogP contribution in [0.1, 0.15) is 5.56 Å². The van der Waals surface area contributed by atoms with Crippen LogP contribution in [0.2, 0.25) is 17.6 Å². The summed E-state index contributed by atoms with van der Waals surface area (Å²) in [4.78, 5) is 0. The summed E-state index contributed by atoms with van der Waals surface area (Å²) < 4.78 is 8.59. The average molecular weight is 351 g/mol. The molecule has 0 N–H and O–H groups in total. The van der Waals surface area contributed by atoms with Gasteiger partial charge in [-0.2, -0.15) is 0 Å². The summed E-state index contributed by atoms with van der Waals surface area (Å²) in [6, 6.07) is 8.78. The van der Waals surface area contributed by atoms with Gasteiger partial charge in [-0.3, -0.25) is 0 Å². The van der Waals surface area contributed by atoms with E-state index >= 15 is 0 Å². The zero-order valence-electron chi connectivity index (χ0n) is 14.1. The van der Waals surface area contributed by atoms with E-state index in [1.165, 1.54) is 15.6 Å². The van der Waals surface area contributed by atoms with E-state index in [9.17, 15) is 0 Å². The molecule has 0 bridgehead atoms. The van der Waals surface area contributed by atoms with Crippen LogP contribution in [-0.2, 0) is 11.3 Å². The molecule has 1 heterocycles. The summed E-state index contributed by atoms with van der Waals surface area (Å²) >= 11 is 1.99. The number of rotatable bonds is 5. The number of hydrogen-bond donors (Lipinski definition) is 0. The first-order valence-corrected chi connectivity index (χ1v) is 11.9. The monoisotopic (exact) mass is 350 g/mol. The van der Waals surface area contributed by atoms with Crippen molar-refractivity contribution in [3.63, 3.8) is 0 Å². The van der Waals surface area contributed by atoms with Gasteiger partial charge in [-0.25, -0.2) is 0 Å². The molecule has 2 aliphatic rings. The Morgan fingerprint density at radius 3 is 2.12 bits per heavy atom. The minimum Gasteiger partial charge on any atom is -0.380 e. The van der Waals surface area contributed by atoms with Crippen molar-refractivity contribution in [1.29, 1.82) is 0 Å². The van der Waals surface area contributed by atoms with E-state index in [0.29, 0.717) is 17.7 Å². The summed E-state index contributed by atoms with van der Waals surface area (Å²) in [7, 11) is -0.0276. The van der Waals surface area contributed by atoms with Crippen LogP contribution in [0.4, 0.5) is 0 Å². The lowest BCUT2D eigenvalue weighted by Crippen LogP contribution is -2.50. The van der Waals surface area contributed by atoms with Gasteiger partial charge in [-0.1, -0.05) is 73.4 Å². The highest BCUT2D eigenvalue weighted by Crippen LogP contribution is 2.43. The molecule has 1 aromatic carbocycles. The molecule has 0 spiro atoms. The van der Waals surface area contributed by atoms with Gasteiger partial charge in [0.15, 0.2) is 0 Å². The fourth-order valence-electron chi connectivity index (χ4n) is 4.01. The third kappa shape index (κ3) is 2.39. The molecule has 1 aromatic heterocycles. The predicted molar refractivity (Wildman–Crippen MR) is 108 cm³/mol. The highest BCUT2D eigenvalue weighted by Gasteiger charge is 2.45. The highest BCUT2D eigenvalue weighted by molar-refractivity contribution is 7.32. The molecule has 0 saturated carbocycles. The summed E-state index contributed by atoms with van der Waals surface area (Å²) in [6.45, 7) is 3.24. The fraction of sp³-hybridized carbons (Fsp3) is 0.238. The number of thiophene rings is 1. The normalized spacial score (nSPS) is 17.8. The summed E-state index contributed by atoms with van der Waals surface area (Å²) in [5.74, 6) is 0. The van der Waals surface area contributed by atoms with E-state index in [-0.39, 0.29) is 0 Å². The lowest BCUT2D eigenvalue weighted by atomic mass is 10.2. The SMILES string of the molecule is COCc1c([Si](C)(C2C=CC=C2)C2C=CC=C2)sc2ccccc12. The second-order valence-corrected chi connectivity index (χ2v) is 12.5. The molecule has 0 atom stereocenters. The quantitative estimate of drug-likeness (QED) is 0.663. The lowest BCUT2D eigenvalue weighted by Gasteiger charge is -2.36. The Kier molecular flexibility index (Phi) is 4.17. The van der Waals surface area contributed by atoms with Gasteiger partial charge in [-0.15, -0.1) is 11.3 Å². The smallest absolute Gasteiger partial charge is 0.118 e. The number of benzene rings is 1. The van der Waals surface area contributed by atoms with E-state index in [0.717, 1.165) is 0 Å². The van der Waals surface area contributed by atoms with Crippen LogP contribution in [0, 0.1) is 0 Å². The van der Waals surface area contributed by atoms with Crippen molar-refractivity contribution in [1.82, 2.24) is 0 Å². The van der Waals surface area contributed by atoms with Crippen LogP contribution < -0.4 is 4.50 Å². The largest absolute Gasteiger partial charge is 0.380 e. The van der Waals surface area contributed by atoms with Crippen molar-refractivity contribution in [2.75, 3.05) is 7.11 Å². The van der Waals surface area contributed by atoms with E-state index in [4.69, 9.17) is 4.74 Å². The third-order valence-electron chi connectivity index (χ3n) is 5.36. The van der Waals surface area contributed by atoms with E-state index < -0.39 is 8.07 Å². The van der Waals surface area contributed by atoms with Crippen LogP contribution in [0.3, 0.4) is 0 Å². The number of methoxy groups -OCH3 is 1. The molecule has 122 valence electrons. The van der Waals surface area contributed by atoms with Gasteiger partial charge in [0, 0.05) is 11.8 Å². The molecule has 0 radical (unpaired) electrons.